The number of piperidine rings is 1. The average Bonchev–Trinajstić information content (AvgIpc) is 2.01. The molecule has 3 nitrogen and oxygen atoms in total. The third kappa shape index (κ3) is 9.67. The highest BCUT2D eigenvalue weighted by molar-refractivity contribution is 5.86. The first-order valence-corrected chi connectivity index (χ1v) is 4.81. The molecule has 1 atom stereocenters. The van der Waals surface area contributed by atoms with Crippen molar-refractivity contribution in [3.63, 3.8) is 0 Å². The van der Waals surface area contributed by atoms with Gasteiger partial charge in [-0.2, -0.15) is 0 Å². The van der Waals surface area contributed by atoms with Gasteiger partial charge in [0.2, 0.25) is 0 Å². The van der Waals surface area contributed by atoms with E-state index in [0.717, 1.165) is 13.1 Å². The summed E-state index contributed by atoms with van der Waals surface area (Å²) < 4.78 is 0. The second-order valence-electron chi connectivity index (χ2n) is 4.01. The highest BCUT2D eigenvalue weighted by Gasteiger charge is 2.15. The smallest absolute Gasteiger partial charge is 0.0168 e. The van der Waals surface area contributed by atoms with Crippen LogP contribution in [0.15, 0.2) is 0 Å². The molecule has 0 aliphatic carbocycles. The molecule has 96 valence electrons. The van der Waals surface area contributed by atoms with Gasteiger partial charge in [0, 0.05) is 25.7 Å². The molecule has 0 saturated carbocycles. The topological polar surface area (TPSA) is 32.5 Å². The maximum atomic E-state index is 5.88. The van der Waals surface area contributed by atoms with Gasteiger partial charge in [0.1, 0.15) is 0 Å². The Morgan fingerprint density at radius 1 is 1.27 bits per heavy atom. The van der Waals surface area contributed by atoms with Gasteiger partial charge < -0.3 is 15.5 Å². The Kier molecular flexibility index (Phi) is 15.8. The van der Waals surface area contributed by atoms with Crippen molar-refractivity contribution in [3.8, 4) is 0 Å². The van der Waals surface area contributed by atoms with E-state index in [2.05, 4.69) is 23.9 Å². The zero-order valence-corrected chi connectivity index (χ0v) is 12.0. The predicted octanol–water partition coefficient (Wildman–Crippen LogP) is 1.24. The van der Waals surface area contributed by atoms with E-state index in [4.69, 9.17) is 5.73 Å². The van der Waals surface area contributed by atoms with E-state index in [1.54, 1.807) is 0 Å². The second kappa shape index (κ2) is 11.2. The summed E-state index contributed by atoms with van der Waals surface area (Å²) in [6.07, 6.45) is 2.48. The lowest BCUT2D eigenvalue weighted by Crippen LogP contribution is -2.44. The molecule has 1 unspecified atom stereocenters. The van der Waals surface area contributed by atoms with Crippen molar-refractivity contribution >= 4 is 37.2 Å². The van der Waals surface area contributed by atoms with Gasteiger partial charge >= 0.3 is 0 Å². The Bertz CT molecular complexity index is 136. The van der Waals surface area contributed by atoms with Crippen LogP contribution in [0.5, 0.6) is 0 Å². The van der Waals surface area contributed by atoms with Crippen LogP contribution in [0.1, 0.15) is 12.8 Å². The van der Waals surface area contributed by atoms with E-state index < -0.39 is 0 Å². The monoisotopic (exact) mass is 279 g/mol. The summed E-state index contributed by atoms with van der Waals surface area (Å²) in [7, 11) is 4.23. The number of hydrogen-bond acceptors (Lipinski definition) is 3. The van der Waals surface area contributed by atoms with Crippen LogP contribution in [0.3, 0.4) is 0 Å². The minimum Gasteiger partial charge on any atom is -0.327 e. The molecule has 1 saturated heterocycles. The molecule has 1 aliphatic heterocycles. The zero-order valence-electron chi connectivity index (χ0n) is 9.52. The maximum Gasteiger partial charge on any atom is 0.0168 e. The quantitative estimate of drug-likeness (QED) is 0.844. The second-order valence-corrected chi connectivity index (χ2v) is 4.01. The van der Waals surface area contributed by atoms with Crippen molar-refractivity contribution in [3.05, 3.63) is 0 Å². The molecule has 0 aromatic rings. The summed E-state index contributed by atoms with van der Waals surface area (Å²) in [5.41, 5.74) is 5.88. The summed E-state index contributed by atoms with van der Waals surface area (Å²) in [6.45, 7) is 4.64. The van der Waals surface area contributed by atoms with E-state index in [0.29, 0.717) is 6.04 Å². The Morgan fingerprint density at radius 2 is 1.87 bits per heavy atom. The van der Waals surface area contributed by atoms with E-state index >= 15 is 0 Å². The number of hydrogen-bond donors (Lipinski definition) is 1. The number of halogens is 3. The molecule has 1 fully saturated rings. The lowest BCUT2D eigenvalue weighted by Gasteiger charge is -2.31. The van der Waals surface area contributed by atoms with Crippen molar-refractivity contribution in [2.45, 2.75) is 18.9 Å². The van der Waals surface area contributed by atoms with Crippen molar-refractivity contribution < 1.29 is 0 Å². The minimum atomic E-state index is 0. The van der Waals surface area contributed by atoms with Crippen LogP contribution in [0.2, 0.25) is 0 Å². The van der Waals surface area contributed by atoms with Crippen LogP contribution in [-0.2, 0) is 0 Å². The Balaban J connectivity index is -0.000000480. The molecule has 0 aromatic carbocycles. The molecule has 1 aliphatic rings. The summed E-state index contributed by atoms with van der Waals surface area (Å²) in [6, 6.07) is 0.418. The fourth-order valence-corrected chi connectivity index (χ4v) is 1.64. The summed E-state index contributed by atoms with van der Waals surface area (Å²) in [5, 5.41) is 0. The van der Waals surface area contributed by atoms with Crippen LogP contribution in [-0.4, -0.2) is 56.1 Å². The van der Waals surface area contributed by atoms with Crippen molar-refractivity contribution in [1.29, 1.82) is 0 Å². The lowest BCUT2D eigenvalue weighted by atomic mass is 10.1. The first kappa shape index (κ1) is 21.1. The van der Waals surface area contributed by atoms with Crippen molar-refractivity contribution in [2.24, 2.45) is 5.73 Å². The minimum absolute atomic E-state index is 0. The molecule has 6 heteroatoms. The summed E-state index contributed by atoms with van der Waals surface area (Å²) >= 11 is 0. The Labute approximate surface area is 112 Å². The van der Waals surface area contributed by atoms with Crippen LogP contribution >= 0.6 is 37.2 Å². The molecular weight excluding hydrogens is 256 g/mol. The molecule has 1 rings (SSSR count). The standard InChI is InChI=1S/C9H21N3.3ClH/c1-11(2)6-7-12-5-3-4-9(10)8-12;;;/h9H,3-8,10H2,1-2H3;3*1H. The first-order valence-electron chi connectivity index (χ1n) is 4.81. The molecule has 2 N–H and O–H groups in total. The fraction of sp³-hybridized carbons (Fsp3) is 1.00. The highest BCUT2D eigenvalue weighted by Crippen LogP contribution is 2.07. The van der Waals surface area contributed by atoms with Gasteiger partial charge in [0.15, 0.2) is 0 Å². The molecule has 0 amide bonds. The van der Waals surface area contributed by atoms with Gasteiger partial charge in [0.05, 0.1) is 0 Å². The number of nitrogens with two attached hydrogens (primary N) is 1. The van der Waals surface area contributed by atoms with E-state index in [1.807, 2.05) is 0 Å². The number of likely N-dealkylation sites (N-methyl/N-ethyl adjacent to an activating group) is 1. The largest absolute Gasteiger partial charge is 0.327 e. The van der Waals surface area contributed by atoms with Crippen LogP contribution in [0.25, 0.3) is 0 Å². The molecular formula is C9H24Cl3N3. The normalized spacial score (nSPS) is 21.2. The molecule has 1 heterocycles. The maximum absolute atomic E-state index is 5.88. The van der Waals surface area contributed by atoms with Crippen LogP contribution in [0, 0.1) is 0 Å². The molecule has 0 bridgehead atoms. The van der Waals surface area contributed by atoms with E-state index in [-0.39, 0.29) is 37.2 Å². The third-order valence-corrected chi connectivity index (χ3v) is 2.41. The van der Waals surface area contributed by atoms with Crippen LogP contribution in [0.4, 0.5) is 0 Å². The van der Waals surface area contributed by atoms with Crippen molar-refractivity contribution in [1.82, 2.24) is 9.80 Å². The Morgan fingerprint density at radius 3 is 2.33 bits per heavy atom. The average molecular weight is 281 g/mol. The van der Waals surface area contributed by atoms with Gasteiger partial charge in [-0.1, -0.05) is 0 Å². The summed E-state index contributed by atoms with van der Waals surface area (Å²) in [5.74, 6) is 0. The number of rotatable bonds is 3. The SMILES string of the molecule is CN(C)CCN1CCCC(N)C1.Cl.Cl.Cl. The van der Waals surface area contributed by atoms with Crippen molar-refractivity contribution in [2.75, 3.05) is 40.3 Å². The number of likely N-dealkylation sites (tertiary alicyclic amines) is 1. The lowest BCUT2D eigenvalue weighted by molar-refractivity contribution is 0.191. The fourth-order valence-electron chi connectivity index (χ4n) is 1.64. The highest BCUT2D eigenvalue weighted by atomic mass is 35.5. The Hall–Kier alpha value is 0.750. The third-order valence-electron chi connectivity index (χ3n) is 2.41. The van der Waals surface area contributed by atoms with Gasteiger partial charge in [-0.15, -0.1) is 37.2 Å². The molecule has 15 heavy (non-hydrogen) atoms. The zero-order chi connectivity index (χ0) is 8.97. The number of nitrogens with zero attached hydrogens (tertiary/aromatic N) is 2. The molecule has 0 radical (unpaired) electrons. The van der Waals surface area contributed by atoms with Gasteiger partial charge in [0.25, 0.3) is 0 Å². The summed E-state index contributed by atoms with van der Waals surface area (Å²) in [4.78, 5) is 4.69. The first-order chi connectivity index (χ1) is 5.68. The van der Waals surface area contributed by atoms with Gasteiger partial charge in [-0.3, -0.25) is 0 Å². The van der Waals surface area contributed by atoms with E-state index in [1.165, 1.54) is 25.9 Å². The predicted molar refractivity (Wildman–Crippen MR) is 73.9 cm³/mol. The van der Waals surface area contributed by atoms with Gasteiger partial charge in [-0.05, 0) is 33.5 Å². The molecule has 0 aromatic heterocycles. The van der Waals surface area contributed by atoms with Gasteiger partial charge in [-0.25, -0.2) is 0 Å². The molecule has 0 spiro atoms. The van der Waals surface area contributed by atoms with Crippen LogP contribution < -0.4 is 5.73 Å². The van der Waals surface area contributed by atoms with E-state index in [9.17, 15) is 0 Å².